The number of rotatable bonds is 24. The third-order valence-corrected chi connectivity index (χ3v) is 11.7. The second kappa shape index (κ2) is 23.3. The molecule has 3 aromatic heterocycles. The molecule has 1 saturated heterocycles. The summed E-state index contributed by atoms with van der Waals surface area (Å²) in [4.78, 5) is 54.5. The van der Waals surface area contributed by atoms with Gasteiger partial charge >= 0.3 is 0 Å². The number of amides is 1. The number of halogens is 1. The van der Waals surface area contributed by atoms with Crippen LogP contribution in [-0.2, 0) is 35.3 Å². The van der Waals surface area contributed by atoms with E-state index < -0.39 is 5.91 Å². The largest absolute Gasteiger partial charge is 0.486 e. The number of piperidine rings is 1. The van der Waals surface area contributed by atoms with Gasteiger partial charge in [0.05, 0.1) is 32.2 Å². The van der Waals surface area contributed by atoms with Gasteiger partial charge in [-0.1, -0.05) is 35.9 Å². The van der Waals surface area contributed by atoms with Crippen molar-refractivity contribution in [2.75, 3.05) is 50.9 Å². The molecule has 1 aliphatic rings. The zero-order valence-electron chi connectivity index (χ0n) is 35.4. The van der Waals surface area contributed by atoms with Gasteiger partial charge in [0, 0.05) is 50.5 Å². The normalized spacial score (nSPS) is 14.5. The Morgan fingerprint density at radius 3 is 1.61 bits per heavy atom. The number of ether oxygens (including phenoxy) is 2. The van der Waals surface area contributed by atoms with Crippen LogP contribution < -0.4 is 26.3 Å². The second-order valence-electron chi connectivity index (χ2n) is 16.2. The predicted octanol–water partition coefficient (Wildman–Crippen LogP) is 7.00. The molecule has 0 spiro atoms. The zero-order chi connectivity index (χ0) is 43.6. The summed E-state index contributed by atoms with van der Waals surface area (Å²) in [7, 11) is 0. The average molecular weight is 862 g/mol. The number of pyridine rings is 2. The molecule has 0 unspecified atom stereocenters. The van der Waals surface area contributed by atoms with Crippen LogP contribution >= 0.6 is 11.6 Å². The maximum atomic E-state index is 13.4. The first kappa shape index (κ1) is 45.6. The van der Waals surface area contributed by atoms with E-state index in [2.05, 4.69) is 49.5 Å². The summed E-state index contributed by atoms with van der Waals surface area (Å²) in [5.41, 5.74) is 16.5. The zero-order valence-corrected chi connectivity index (χ0v) is 36.1. The van der Waals surface area contributed by atoms with Crippen LogP contribution in [0.15, 0.2) is 97.6 Å². The highest BCUT2D eigenvalue weighted by atomic mass is 35.5. The molecule has 0 aliphatic carbocycles. The standard InChI is InChI=1S/C48H57ClN8O5/c49-45-47(51)56-46(50)44(55-45)48(60)54-39-10-5-31-57(32-39,29-3-8-35-13-17-42(18-14-35)61-33-40(58)11-1-6-37-21-25-52-26-22-37)30-4-9-36-15-19-43(20-16-36)62-34-41(59)12-2-7-38-23-27-53-28-24-38/h13-28,39H,1-12,29-34H2,(H4-,50,51,54,56,60)/p+1/t39-/m0/s1. The number of carbonyl (C=O) groups is 3. The molecule has 1 aliphatic heterocycles. The Hall–Kier alpha value is -5.92. The van der Waals surface area contributed by atoms with Gasteiger partial charge in [0.1, 0.15) is 24.7 Å². The van der Waals surface area contributed by atoms with Crippen molar-refractivity contribution in [3.05, 3.63) is 131 Å². The van der Waals surface area contributed by atoms with E-state index in [9.17, 15) is 14.4 Å². The van der Waals surface area contributed by atoms with Crippen molar-refractivity contribution in [2.45, 2.75) is 83.1 Å². The van der Waals surface area contributed by atoms with Crippen molar-refractivity contribution >= 4 is 40.7 Å². The number of hydrogen-bond acceptors (Lipinski definition) is 11. The molecule has 326 valence electrons. The van der Waals surface area contributed by atoms with E-state index in [1.165, 1.54) is 22.3 Å². The smallest absolute Gasteiger partial charge is 0.274 e. The van der Waals surface area contributed by atoms with Crippen molar-refractivity contribution < 1.29 is 28.3 Å². The summed E-state index contributed by atoms with van der Waals surface area (Å²) in [6.45, 7) is 3.79. The summed E-state index contributed by atoms with van der Waals surface area (Å²) >= 11 is 6.09. The lowest BCUT2D eigenvalue weighted by Crippen LogP contribution is -2.60. The predicted molar refractivity (Wildman–Crippen MR) is 241 cm³/mol. The molecular formula is C48H58ClN8O5+. The molecule has 4 heterocycles. The van der Waals surface area contributed by atoms with E-state index in [0.29, 0.717) is 24.3 Å². The van der Waals surface area contributed by atoms with Crippen LogP contribution in [0.1, 0.15) is 84.1 Å². The van der Waals surface area contributed by atoms with E-state index in [0.717, 1.165) is 94.9 Å². The molecular weight excluding hydrogens is 804 g/mol. The SMILES string of the molecule is Nc1nc(N)c(C(=O)N[C@H]2CCC[N+](CCCc3ccc(OCC(=O)CCCc4ccncc4)cc3)(CCCc3ccc(OCC(=O)CCCc4ccncc4)cc3)C2)nc1Cl. The molecule has 0 saturated carbocycles. The number of aryl methyl sites for hydroxylation is 4. The van der Waals surface area contributed by atoms with Gasteiger partial charge < -0.3 is 30.7 Å². The van der Waals surface area contributed by atoms with Gasteiger partial charge in [-0.25, -0.2) is 9.97 Å². The second-order valence-corrected chi connectivity index (χ2v) is 16.6. The molecule has 2 aromatic carbocycles. The number of carbonyl (C=O) groups excluding carboxylic acids is 3. The van der Waals surface area contributed by atoms with Gasteiger partial charge in [0.15, 0.2) is 34.0 Å². The Labute approximate surface area is 369 Å². The number of nitrogens with two attached hydrogens (primary N) is 2. The van der Waals surface area contributed by atoms with Gasteiger partial charge in [-0.2, -0.15) is 0 Å². The first-order chi connectivity index (χ1) is 30.1. The number of nitrogens with one attached hydrogen (secondary N) is 1. The van der Waals surface area contributed by atoms with Crippen molar-refractivity contribution in [3.8, 4) is 11.5 Å². The van der Waals surface area contributed by atoms with Gasteiger partial charge in [-0.3, -0.25) is 24.4 Å². The number of anilines is 2. The maximum Gasteiger partial charge on any atom is 0.274 e. The maximum absolute atomic E-state index is 13.4. The minimum absolute atomic E-state index is 0.0179. The Kier molecular flexibility index (Phi) is 17.2. The number of nitrogen functional groups attached to an aromatic ring is 2. The van der Waals surface area contributed by atoms with E-state index in [4.69, 9.17) is 32.5 Å². The number of hydrogen-bond donors (Lipinski definition) is 3. The van der Waals surface area contributed by atoms with Crippen LogP contribution in [0, 0.1) is 0 Å². The molecule has 1 atom stereocenters. The summed E-state index contributed by atoms with van der Waals surface area (Å²) in [6.07, 6.45) is 16.7. The lowest BCUT2D eigenvalue weighted by molar-refractivity contribution is -0.933. The molecule has 0 radical (unpaired) electrons. The molecule has 0 bridgehead atoms. The van der Waals surface area contributed by atoms with E-state index >= 15 is 0 Å². The summed E-state index contributed by atoms with van der Waals surface area (Å²) < 4.78 is 12.5. The third kappa shape index (κ3) is 14.6. The Bertz CT molecular complexity index is 2080. The van der Waals surface area contributed by atoms with Gasteiger partial charge in [0.25, 0.3) is 5.91 Å². The minimum atomic E-state index is -0.412. The fourth-order valence-corrected chi connectivity index (χ4v) is 8.24. The minimum Gasteiger partial charge on any atom is -0.486 e. The highest BCUT2D eigenvalue weighted by molar-refractivity contribution is 6.31. The topological polar surface area (TPSA) is 185 Å². The van der Waals surface area contributed by atoms with Crippen LogP contribution in [0.5, 0.6) is 11.5 Å². The fraction of sp³-hybridized carbons (Fsp3) is 0.396. The molecule has 62 heavy (non-hydrogen) atoms. The molecule has 6 rings (SSSR count). The van der Waals surface area contributed by atoms with Crippen molar-refractivity contribution in [2.24, 2.45) is 0 Å². The molecule has 1 fully saturated rings. The molecule has 5 aromatic rings. The first-order valence-corrected chi connectivity index (χ1v) is 22.0. The number of likely N-dealkylation sites (tertiary alicyclic amines) is 1. The summed E-state index contributed by atoms with van der Waals surface area (Å²) in [5.74, 6) is 1.05. The highest BCUT2D eigenvalue weighted by Gasteiger charge is 2.35. The van der Waals surface area contributed by atoms with Gasteiger partial charge in [0.2, 0.25) is 0 Å². The molecule has 13 nitrogen and oxygen atoms in total. The number of quaternary nitrogens is 1. The van der Waals surface area contributed by atoms with Crippen LogP contribution in [-0.4, -0.2) is 87.3 Å². The summed E-state index contributed by atoms with van der Waals surface area (Å²) in [5, 5.41) is 3.11. The Morgan fingerprint density at radius 1 is 0.645 bits per heavy atom. The lowest BCUT2D eigenvalue weighted by Gasteiger charge is -2.45. The van der Waals surface area contributed by atoms with E-state index in [1.54, 1.807) is 24.8 Å². The van der Waals surface area contributed by atoms with Crippen LogP contribution in [0.4, 0.5) is 11.6 Å². The Balaban J connectivity index is 0.992. The monoisotopic (exact) mass is 861 g/mol. The van der Waals surface area contributed by atoms with Crippen molar-refractivity contribution in [1.82, 2.24) is 25.3 Å². The number of ketones is 2. The van der Waals surface area contributed by atoms with Crippen LogP contribution in [0.2, 0.25) is 5.15 Å². The fourth-order valence-electron chi connectivity index (χ4n) is 8.11. The lowest BCUT2D eigenvalue weighted by atomic mass is 9.99. The molecule has 1 amide bonds. The number of Topliss-reactive ketones (excluding diaryl/α,β-unsaturated/α-hetero) is 2. The molecule has 14 heteroatoms. The molecule has 5 N–H and O–H groups in total. The van der Waals surface area contributed by atoms with E-state index in [-0.39, 0.29) is 53.3 Å². The number of nitrogens with zero attached hydrogens (tertiary/aromatic N) is 5. The Morgan fingerprint density at radius 2 is 1.11 bits per heavy atom. The van der Waals surface area contributed by atoms with Gasteiger partial charge in [-0.05, 0) is 122 Å². The number of aromatic nitrogens is 4. The van der Waals surface area contributed by atoms with Crippen molar-refractivity contribution in [1.29, 1.82) is 0 Å². The van der Waals surface area contributed by atoms with Crippen LogP contribution in [0.25, 0.3) is 0 Å². The van der Waals surface area contributed by atoms with Crippen LogP contribution in [0.3, 0.4) is 0 Å². The quantitative estimate of drug-likeness (QED) is 0.0543. The highest BCUT2D eigenvalue weighted by Crippen LogP contribution is 2.25. The first-order valence-electron chi connectivity index (χ1n) is 21.6. The average Bonchev–Trinajstić information content (AvgIpc) is 3.28. The van der Waals surface area contributed by atoms with E-state index in [1.807, 2.05) is 48.5 Å². The summed E-state index contributed by atoms with van der Waals surface area (Å²) in [6, 6.07) is 23.9. The van der Waals surface area contributed by atoms with Crippen molar-refractivity contribution in [3.63, 3.8) is 0 Å². The third-order valence-electron chi connectivity index (χ3n) is 11.4. The van der Waals surface area contributed by atoms with Gasteiger partial charge in [-0.15, -0.1) is 0 Å². The number of benzene rings is 2.